The predicted molar refractivity (Wildman–Crippen MR) is 73.1 cm³/mol. The van der Waals surface area contributed by atoms with E-state index in [1.807, 2.05) is 0 Å². The quantitative estimate of drug-likeness (QED) is 0.910. The van der Waals surface area contributed by atoms with E-state index in [0.29, 0.717) is 16.8 Å². The molecule has 0 bridgehead atoms. The van der Waals surface area contributed by atoms with Gasteiger partial charge in [0.15, 0.2) is 5.82 Å². The minimum atomic E-state index is 0.397. The highest BCUT2D eigenvalue weighted by Gasteiger charge is 2.22. The smallest absolute Gasteiger partial charge is 0.254 e. The number of nitrogens with zero attached hydrogens (tertiary/aromatic N) is 5. The van der Waals surface area contributed by atoms with E-state index < -0.39 is 0 Å². The highest BCUT2D eigenvalue weighted by Crippen LogP contribution is 2.31. The van der Waals surface area contributed by atoms with Gasteiger partial charge >= 0.3 is 0 Å². The fourth-order valence-corrected chi connectivity index (χ4v) is 2.25. The number of halogens is 2. The summed E-state index contributed by atoms with van der Waals surface area (Å²) in [5.74, 6) is 1.62. The Morgan fingerprint density at radius 1 is 1.33 bits per heavy atom. The van der Waals surface area contributed by atoms with Crippen LogP contribution in [0.5, 0.6) is 0 Å². The Balaban J connectivity index is 2.08. The van der Waals surface area contributed by atoms with Crippen molar-refractivity contribution in [3.05, 3.63) is 21.9 Å². The first-order valence-electron chi connectivity index (χ1n) is 5.43. The molecule has 0 aromatic carbocycles. The first-order chi connectivity index (χ1) is 8.65. The summed E-state index contributed by atoms with van der Waals surface area (Å²) in [6, 6.07) is 0. The largest absolute Gasteiger partial charge is 0.383 e. The number of nitrogens with two attached hydrogens (primary N) is 1. The highest BCUT2D eigenvalue weighted by molar-refractivity contribution is 9.10. The van der Waals surface area contributed by atoms with Crippen LogP contribution in [0.3, 0.4) is 0 Å². The third-order valence-corrected chi connectivity index (χ3v) is 3.72. The van der Waals surface area contributed by atoms with Crippen molar-refractivity contribution in [1.29, 1.82) is 0 Å². The van der Waals surface area contributed by atoms with Gasteiger partial charge in [-0.05, 0) is 22.4 Å². The molecule has 0 radical (unpaired) electrons. The van der Waals surface area contributed by atoms with Crippen LogP contribution in [0.25, 0.3) is 5.95 Å². The lowest BCUT2D eigenvalue weighted by Crippen LogP contribution is -2.38. The first-order valence-corrected chi connectivity index (χ1v) is 6.61. The second-order valence-electron chi connectivity index (χ2n) is 3.99. The molecule has 2 aromatic heterocycles. The van der Waals surface area contributed by atoms with Crippen LogP contribution in [0.2, 0.25) is 5.02 Å². The fraction of sp³-hybridized carbons (Fsp3) is 0.300. The topological polar surface area (TPSA) is 72.9 Å². The van der Waals surface area contributed by atoms with Gasteiger partial charge in [0.2, 0.25) is 0 Å². The molecule has 1 aliphatic rings. The Kier molecular flexibility index (Phi) is 2.87. The van der Waals surface area contributed by atoms with Gasteiger partial charge in [-0.15, -0.1) is 0 Å². The summed E-state index contributed by atoms with van der Waals surface area (Å²) in [4.78, 5) is 10.8. The number of aromatic nitrogens is 4. The molecule has 18 heavy (non-hydrogen) atoms. The van der Waals surface area contributed by atoms with Crippen molar-refractivity contribution in [1.82, 2.24) is 19.7 Å². The summed E-state index contributed by atoms with van der Waals surface area (Å²) in [5.41, 5.74) is 5.88. The molecule has 0 amide bonds. The maximum atomic E-state index is 5.88. The maximum absolute atomic E-state index is 5.88. The Morgan fingerprint density at radius 2 is 2.11 bits per heavy atom. The molecule has 1 fully saturated rings. The summed E-state index contributed by atoms with van der Waals surface area (Å²) < 4.78 is 2.23. The zero-order chi connectivity index (χ0) is 12.7. The van der Waals surface area contributed by atoms with Crippen molar-refractivity contribution in [2.75, 3.05) is 23.7 Å². The van der Waals surface area contributed by atoms with Crippen molar-refractivity contribution in [3.8, 4) is 5.95 Å². The van der Waals surface area contributed by atoms with E-state index in [1.165, 1.54) is 17.3 Å². The van der Waals surface area contributed by atoms with E-state index in [1.54, 1.807) is 6.20 Å². The molecule has 2 aromatic rings. The molecular weight excluding hydrogens is 320 g/mol. The Labute approximate surface area is 117 Å². The summed E-state index contributed by atoms with van der Waals surface area (Å²) in [6.07, 6.45) is 4.34. The average Bonchev–Trinajstić information content (AvgIpc) is 2.69. The van der Waals surface area contributed by atoms with Crippen molar-refractivity contribution in [2.45, 2.75) is 6.42 Å². The molecule has 1 aliphatic heterocycles. The monoisotopic (exact) mass is 328 g/mol. The molecule has 0 atom stereocenters. The second kappa shape index (κ2) is 4.40. The molecule has 0 aliphatic carbocycles. The summed E-state index contributed by atoms with van der Waals surface area (Å²) in [5, 5.41) is 4.60. The van der Waals surface area contributed by atoms with Gasteiger partial charge in [0.05, 0.1) is 17.4 Å². The number of anilines is 2. The SMILES string of the molecule is Nc1nc(-n2cc(Cl)cn2)nc(N2CCC2)c1Br. The fourth-order valence-electron chi connectivity index (χ4n) is 1.69. The summed E-state index contributed by atoms with van der Waals surface area (Å²) >= 11 is 9.25. The molecule has 8 heteroatoms. The number of hydrogen-bond donors (Lipinski definition) is 1. The van der Waals surface area contributed by atoms with Gasteiger partial charge in [-0.25, -0.2) is 4.68 Å². The molecule has 94 valence electrons. The second-order valence-corrected chi connectivity index (χ2v) is 5.22. The van der Waals surface area contributed by atoms with Gasteiger partial charge < -0.3 is 10.6 Å². The third kappa shape index (κ3) is 1.93. The zero-order valence-electron chi connectivity index (χ0n) is 9.35. The molecule has 3 heterocycles. The van der Waals surface area contributed by atoms with Gasteiger partial charge in [0.1, 0.15) is 10.3 Å². The number of nitrogen functional groups attached to an aromatic ring is 1. The molecule has 0 saturated carbocycles. The average molecular weight is 330 g/mol. The normalized spacial score (nSPS) is 14.7. The standard InChI is InChI=1S/C10H10BrClN6/c11-7-8(13)15-10(18-5-6(12)4-14-18)16-9(7)17-2-1-3-17/h4-5H,1-3H2,(H2,13,15,16). The van der Waals surface area contributed by atoms with Gasteiger partial charge in [0.25, 0.3) is 5.95 Å². The predicted octanol–water partition coefficient (Wildman–Crippen LogP) is 1.87. The molecule has 0 spiro atoms. The van der Waals surface area contributed by atoms with Crippen molar-refractivity contribution < 1.29 is 0 Å². The van der Waals surface area contributed by atoms with Crippen LogP contribution in [-0.4, -0.2) is 32.8 Å². The van der Waals surface area contributed by atoms with Crippen LogP contribution in [0.4, 0.5) is 11.6 Å². The molecule has 3 rings (SSSR count). The third-order valence-electron chi connectivity index (χ3n) is 2.76. The lowest BCUT2D eigenvalue weighted by atomic mass is 10.2. The van der Waals surface area contributed by atoms with Crippen molar-refractivity contribution in [2.24, 2.45) is 0 Å². The molecule has 1 saturated heterocycles. The van der Waals surface area contributed by atoms with Crippen LogP contribution in [0.15, 0.2) is 16.9 Å². The van der Waals surface area contributed by atoms with E-state index in [2.05, 4.69) is 35.9 Å². The Morgan fingerprint density at radius 3 is 2.67 bits per heavy atom. The Hall–Kier alpha value is -1.34. The van der Waals surface area contributed by atoms with E-state index in [0.717, 1.165) is 23.4 Å². The lowest BCUT2D eigenvalue weighted by Gasteiger charge is -2.32. The highest BCUT2D eigenvalue weighted by atomic mass is 79.9. The van der Waals surface area contributed by atoms with Crippen LogP contribution in [-0.2, 0) is 0 Å². The van der Waals surface area contributed by atoms with Crippen molar-refractivity contribution in [3.63, 3.8) is 0 Å². The van der Waals surface area contributed by atoms with Crippen LogP contribution < -0.4 is 10.6 Å². The molecule has 6 nitrogen and oxygen atoms in total. The van der Waals surface area contributed by atoms with Crippen molar-refractivity contribution >= 4 is 39.2 Å². The molecular formula is C10H10BrClN6. The minimum Gasteiger partial charge on any atom is -0.383 e. The van der Waals surface area contributed by atoms with E-state index in [9.17, 15) is 0 Å². The Bertz CT molecular complexity index is 594. The summed E-state index contributed by atoms with van der Waals surface area (Å²) in [7, 11) is 0. The first kappa shape index (κ1) is 11.7. The summed E-state index contributed by atoms with van der Waals surface area (Å²) in [6.45, 7) is 1.96. The van der Waals surface area contributed by atoms with Crippen LogP contribution in [0, 0.1) is 0 Å². The van der Waals surface area contributed by atoms with Gasteiger partial charge in [-0.3, -0.25) is 0 Å². The molecule has 2 N–H and O–H groups in total. The maximum Gasteiger partial charge on any atom is 0.254 e. The van der Waals surface area contributed by atoms with E-state index in [-0.39, 0.29) is 0 Å². The van der Waals surface area contributed by atoms with Gasteiger partial charge in [-0.1, -0.05) is 11.6 Å². The van der Waals surface area contributed by atoms with E-state index >= 15 is 0 Å². The zero-order valence-corrected chi connectivity index (χ0v) is 11.7. The van der Waals surface area contributed by atoms with Crippen LogP contribution >= 0.6 is 27.5 Å². The van der Waals surface area contributed by atoms with E-state index in [4.69, 9.17) is 17.3 Å². The van der Waals surface area contributed by atoms with Gasteiger partial charge in [0, 0.05) is 13.1 Å². The number of hydrogen-bond acceptors (Lipinski definition) is 5. The van der Waals surface area contributed by atoms with Gasteiger partial charge in [-0.2, -0.15) is 15.1 Å². The van der Waals surface area contributed by atoms with Crippen LogP contribution in [0.1, 0.15) is 6.42 Å². The molecule has 0 unspecified atom stereocenters. The number of rotatable bonds is 2. The minimum absolute atomic E-state index is 0.397. The lowest BCUT2D eigenvalue weighted by molar-refractivity contribution is 0.605.